The SMILES string of the molecule is CCc1cccc2c(/C=C/C(=O)O)cc(OC)c(OCOC)c12. The Labute approximate surface area is 135 Å². The molecule has 0 radical (unpaired) electrons. The molecule has 0 bridgehead atoms. The number of benzene rings is 2. The van der Waals surface area contributed by atoms with E-state index in [0.29, 0.717) is 11.5 Å². The minimum atomic E-state index is -0.997. The van der Waals surface area contributed by atoms with Crippen LogP contribution in [0.3, 0.4) is 0 Å². The molecule has 2 aromatic carbocycles. The van der Waals surface area contributed by atoms with E-state index in [4.69, 9.17) is 19.3 Å². The van der Waals surface area contributed by atoms with Crippen molar-refractivity contribution in [2.75, 3.05) is 21.0 Å². The molecular weight excluding hydrogens is 296 g/mol. The van der Waals surface area contributed by atoms with E-state index in [-0.39, 0.29) is 6.79 Å². The van der Waals surface area contributed by atoms with Crippen molar-refractivity contribution in [3.8, 4) is 11.5 Å². The van der Waals surface area contributed by atoms with Gasteiger partial charge in [0.05, 0.1) is 7.11 Å². The van der Waals surface area contributed by atoms with Gasteiger partial charge in [-0.2, -0.15) is 0 Å². The molecule has 0 spiro atoms. The second-order valence-corrected chi connectivity index (χ2v) is 4.91. The van der Waals surface area contributed by atoms with Crippen molar-refractivity contribution in [1.29, 1.82) is 0 Å². The average molecular weight is 316 g/mol. The van der Waals surface area contributed by atoms with E-state index < -0.39 is 5.97 Å². The van der Waals surface area contributed by atoms with Crippen LogP contribution in [-0.2, 0) is 16.0 Å². The maximum Gasteiger partial charge on any atom is 0.328 e. The molecule has 0 aliphatic heterocycles. The summed E-state index contributed by atoms with van der Waals surface area (Å²) in [4.78, 5) is 10.8. The predicted octanol–water partition coefficient (Wildman–Crippen LogP) is 3.49. The van der Waals surface area contributed by atoms with Crippen molar-refractivity contribution in [2.45, 2.75) is 13.3 Å². The predicted molar refractivity (Wildman–Crippen MR) is 89.1 cm³/mol. The van der Waals surface area contributed by atoms with Gasteiger partial charge in [0.2, 0.25) is 0 Å². The minimum absolute atomic E-state index is 0.105. The molecule has 0 amide bonds. The molecule has 0 aliphatic rings. The van der Waals surface area contributed by atoms with Gasteiger partial charge in [0.1, 0.15) is 0 Å². The molecule has 0 atom stereocenters. The first kappa shape index (κ1) is 16.8. The van der Waals surface area contributed by atoms with Crippen LogP contribution in [0.4, 0.5) is 0 Å². The van der Waals surface area contributed by atoms with E-state index in [0.717, 1.165) is 34.4 Å². The van der Waals surface area contributed by atoms with Crippen LogP contribution in [0.25, 0.3) is 16.8 Å². The zero-order chi connectivity index (χ0) is 16.8. The summed E-state index contributed by atoms with van der Waals surface area (Å²) in [5.41, 5.74) is 1.86. The Balaban J connectivity index is 2.77. The molecule has 0 fully saturated rings. The van der Waals surface area contributed by atoms with Crippen molar-refractivity contribution < 1.29 is 24.1 Å². The molecule has 5 nitrogen and oxygen atoms in total. The Kier molecular flexibility index (Phi) is 5.60. The molecule has 0 unspecified atom stereocenters. The first-order valence-corrected chi connectivity index (χ1v) is 7.27. The third kappa shape index (κ3) is 3.63. The van der Waals surface area contributed by atoms with Crippen LogP contribution in [0.2, 0.25) is 0 Å². The Morgan fingerprint density at radius 2 is 2.09 bits per heavy atom. The highest BCUT2D eigenvalue weighted by Gasteiger charge is 2.16. The van der Waals surface area contributed by atoms with Gasteiger partial charge >= 0.3 is 5.97 Å². The van der Waals surface area contributed by atoms with Gasteiger partial charge in [-0.15, -0.1) is 0 Å². The topological polar surface area (TPSA) is 65.0 Å². The standard InChI is InChI=1S/C18H20O5/c1-4-12-6-5-7-14-13(8-9-16(19)20)10-15(22-3)18(17(12)14)23-11-21-2/h5-10H,4,11H2,1-3H3,(H,19,20)/b9-8+. The van der Waals surface area contributed by atoms with Crippen molar-refractivity contribution in [2.24, 2.45) is 0 Å². The highest BCUT2D eigenvalue weighted by Crippen LogP contribution is 2.40. The van der Waals surface area contributed by atoms with E-state index in [9.17, 15) is 4.79 Å². The van der Waals surface area contributed by atoms with Crippen LogP contribution in [-0.4, -0.2) is 32.1 Å². The minimum Gasteiger partial charge on any atom is -0.493 e. The van der Waals surface area contributed by atoms with E-state index >= 15 is 0 Å². The Hall–Kier alpha value is -2.53. The van der Waals surface area contributed by atoms with E-state index in [1.54, 1.807) is 26.4 Å². The molecule has 0 saturated carbocycles. The molecule has 0 saturated heterocycles. The first-order valence-electron chi connectivity index (χ1n) is 7.27. The van der Waals surface area contributed by atoms with Gasteiger partial charge in [0, 0.05) is 18.6 Å². The zero-order valence-electron chi connectivity index (χ0n) is 13.5. The number of hydrogen-bond acceptors (Lipinski definition) is 4. The fourth-order valence-corrected chi connectivity index (χ4v) is 2.52. The van der Waals surface area contributed by atoms with Crippen molar-refractivity contribution >= 4 is 22.8 Å². The fourth-order valence-electron chi connectivity index (χ4n) is 2.52. The number of hydrogen-bond donors (Lipinski definition) is 1. The summed E-state index contributed by atoms with van der Waals surface area (Å²) in [5, 5.41) is 10.7. The third-order valence-corrected chi connectivity index (χ3v) is 3.53. The smallest absolute Gasteiger partial charge is 0.328 e. The largest absolute Gasteiger partial charge is 0.493 e. The summed E-state index contributed by atoms with van der Waals surface area (Å²) in [6.07, 6.45) is 3.49. The Morgan fingerprint density at radius 1 is 1.30 bits per heavy atom. The molecule has 0 aromatic heterocycles. The normalized spacial score (nSPS) is 11.1. The lowest BCUT2D eigenvalue weighted by Gasteiger charge is -2.17. The second-order valence-electron chi connectivity index (χ2n) is 4.91. The maximum atomic E-state index is 10.8. The summed E-state index contributed by atoms with van der Waals surface area (Å²) >= 11 is 0. The van der Waals surface area contributed by atoms with Crippen LogP contribution in [0.1, 0.15) is 18.1 Å². The number of ether oxygens (including phenoxy) is 3. The summed E-state index contributed by atoms with van der Waals surface area (Å²) < 4.78 is 16.2. The molecule has 2 aromatic rings. The van der Waals surface area contributed by atoms with Crippen LogP contribution < -0.4 is 9.47 Å². The van der Waals surface area contributed by atoms with Crippen LogP contribution >= 0.6 is 0 Å². The monoisotopic (exact) mass is 316 g/mol. The summed E-state index contributed by atoms with van der Waals surface area (Å²) in [6, 6.07) is 7.68. The van der Waals surface area contributed by atoms with Gasteiger partial charge in [0.15, 0.2) is 18.3 Å². The fraction of sp³-hybridized carbons (Fsp3) is 0.278. The third-order valence-electron chi connectivity index (χ3n) is 3.53. The summed E-state index contributed by atoms with van der Waals surface area (Å²) in [7, 11) is 3.11. The zero-order valence-corrected chi connectivity index (χ0v) is 13.5. The molecular formula is C18H20O5. The van der Waals surface area contributed by atoms with E-state index in [2.05, 4.69) is 6.92 Å². The van der Waals surface area contributed by atoms with Crippen molar-refractivity contribution in [1.82, 2.24) is 0 Å². The molecule has 1 N–H and O–H groups in total. The van der Waals surface area contributed by atoms with E-state index in [1.165, 1.54) is 0 Å². The first-order chi connectivity index (χ1) is 11.1. The van der Waals surface area contributed by atoms with Crippen LogP contribution in [0.5, 0.6) is 11.5 Å². The Morgan fingerprint density at radius 3 is 2.70 bits per heavy atom. The second kappa shape index (κ2) is 7.65. The number of rotatable bonds is 7. The number of carboxylic acids is 1. The van der Waals surface area contributed by atoms with Gasteiger partial charge in [-0.25, -0.2) is 4.79 Å². The number of methoxy groups -OCH3 is 2. The molecule has 23 heavy (non-hydrogen) atoms. The highest BCUT2D eigenvalue weighted by atomic mass is 16.7. The van der Waals surface area contributed by atoms with Gasteiger partial charge < -0.3 is 19.3 Å². The number of carboxylic acid groups (broad SMARTS) is 1. The maximum absolute atomic E-state index is 10.8. The number of fused-ring (bicyclic) bond motifs is 1. The molecule has 2 rings (SSSR count). The van der Waals surface area contributed by atoms with Gasteiger partial charge in [0.25, 0.3) is 0 Å². The van der Waals surface area contributed by atoms with E-state index in [1.807, 2.05) is 18.2 Å². The lowest BCUT2D eigenvalue weighted by atomic mass is 9.97. The van der Waals surface area contributed by atoms with Crippen LogP contribution in [0, 0.1) is 0 Å². The number of aryl methyl sites for hydroxylation is 1. The number of carbonyl (C=O) groups is 1. The van der Waals surface area contributed by atoms with Gasteiger partial charge in [-0.3, -0.25) is 0 Å². The summed E-state index contributed by atoms with van der Waals surface area (Å²) in [6.45, 7) is 2.16. The highest BCUT2D eigenvalue weighted by molar-refractivity contribution is 6.00. The van der Waals surface area contributed by atoms with Crippen molar-refractivity contribution in [3.05, 3.63) is 41.5 Å². The average Bonchev–Trinajstić information content (AvgIpc) is 2.57. The quantitative estimate of drug-likeness (QED) is 0.625. The molecule has 0 heterocycles. The molecule has 122 valence electrons. The van der Waals surface area contributed by atoms with Gasteiger partial charge in [-0.05, 0) is 35.1 Å². The molecule has 5 heteroatoms. The van der Waals surface area contributed by atoms with Crippen LogP contribution in [0.15, 0.2) is 30.3 Å². The van der Waals surface area contributed by atoms with Gasteiger partial charge in [-0.1, -0.05) is 25.1 Å². The van der Waals surface area contributed by atoms with Crippen molar-refractivity contribution in [3.63, 3.8) is 0 Å². The Bertz CT molecular complexity index is 734. The molecule has 0 aliphatic carbocycles. The summed E-state index contributed by atoms with van der Waals surface area (Å²) in [5.74, 6) is 0.151. The lowest BCUT2D eigenvalue weighted by Crippen LogP contribution is -2.03. The lowest BCUT2D eigenvalue weighted by molar-refractivity contribution is -0.131. The number of aliphatic carboxylic acids is 1.